The van der Waals surface area contributed by atoms with E-state index in [0.29, 0.717) is 17.9 Å². The van der Waals surface area contributed by atoms with Gasteiger partial charge in [0.05, 0.1) is 13.4 Å². The highest BCUT2D eigenvalue weighted by atomic mass is 19.1. The molecule has 1 aromatic heterocycles. The molecule has 0 aliphatic carbocycles. The number of nitrogens with one attached hydrogen (secondary N) is 1. The standard InChI is InChI=1S/C15H18FNO2/c1-11(17-9-8-12-5-4-10-19-12)15-13(16)6-3-7-14(15)18-2/h3-7,10-11,17H,8-9H2,1-2H3. The van der Waals surface area contributed by atoms with Gasteiger partial charge in [-0.15, -0.1) is 0 Å². The van der Waals surface area contributed by atoms with Gasteiger partial charge in [-0.2, -0.15) is 0 Å². The Balaban J connectivity index is 1.97. The summed E-state index contributed by atoms with van der Waals surface area (Å²) in [5.74, 6) is 1.23. The van der Waals surface area contributed by atoms with Crippen LogP contribution in [0.2, 0.25) is 0 Å². The zero-order valence-electron chi connectivity index (χ0n) is 11.2. The summed E-state index contributed by atoms with van der Waals surface area (Å²) >= 11 is 0. The number of hydrogen-bond donors (Lipinski definition) is 1. The van der Waals surface area contributed by atoms with Gasteiger partial charge in [0.15, 0.2) is 0 Å². The number of hydrogen-bond acceptors (Lipinski definition) is 3. The summed E-state index contributed by atoms with van der Waals surface area (Å²) in [6, 6.07) is 8.53. The minimum Gasteiger partial charge on any atom is -0.496 e. The van der Waals surface area contributed by atoms with Crippen LogP contribution in [-0.2, 0) is 6.42 Å². The Morgan fingerprint density at radius 3 is 2.84 bits per heavy atom. The van der Waals surface area contributed by atoms with Gasteiger partial charge in [0, 0.05) is 24.6 Å². The van der Waals surface area contributed by atoms with E-state index in [1.165, 1.54) is 6.07 Å². The summed E-state index contributed by atoms with van der Waals surface area (Å²) in [7, 11) is 1.55. The van der Waals surface area contributed by atoms with Crippen LogP contribution in [-0.4, -0.2) is 13.7 Å². The maximum Gasteiger partial charge on any atom is 0.131 e. The highest BCUT2D eigenvalue weighted by Gasteiger charge is 2.15. The van der Waals surface area contributed by atoms with Crippen molar-refractivity contribution in [2.45, 2.75) is 19.4 Å². The minimum atomic E-state index is -0.252. The largest absolute Gasteiger partial charge is 0.496 e. The molecular formula is C15H18FNO2. The van der Waals surface area contributed by atoms with Crippen molar-refractivity contribution >= 4 is 0 Å². The zero-order chi connectivity index (χ0) is 13.7. The molecule has 0 aliphatic heterocycles. The first-order valence-electron chi connectivity index (χ1n) is 6.30. The first-order chi connectivity index (χ1) is 9.22. The van der Waals surface area contributed by atoms with Crippen LogP contribution in [0.15, 0.2) is 41.0 Å². The van der Waals surface area contributed by atoms with Crippen molar-refractivity contribution in [3.8, 4) is 5.75 Å². The van der Waals surface area contributed by atoms with Crippen LogP contribution >= 0.6 is 0 Å². The number of ether oxygens (including phenoxy) is 1. The molecule has 2 rings (SSSR count). The van der Waals surface area contributed by atoms with Crippen molar-refractivity contribution in [3.05, 3.63) is 53.7 Å². The average molecular weight is 263 g/mol. The molecule has 3 nitrogen and oxygen atoms in total. The molecule has 0 bridgehead atoms. The lowest BCUT2D eigenvalue weighted by Crippen LogP contribution is -2.22. The van der Waals surface area contributed by atoms with Crippen LogP contribution < -0.4 is 10.1 Å². The Morgan fingerprint density at radius 1 is 1.32 bits per heavy atom. The SMILES string of the molecule is COc1cccc(F)c1C(C)NCCc1ccco1. The summed E-state index contributed by atoms with van der Waals surface area (Å²) in [5, 5.41) is 3.27. The first-order valence-corrected chi connectivity index (χ1v) is 6.30. The number of benzene rings is 1. The van der Waals surface area contributed by atoms with Gasteiger partial charge < -0.3 is 14.5 Å². The van der Waals surface area contributed by atoms with E-state index in [1.54, 1.807) is 25.5 Å². The number of furan rings is 1. The van der Waals surface area contributed by atoms with E-state index >= 15 is 0 Å². The zero-order valence-corrected chi connectivity index (χ0v) is 11.2. The van der Waals surface area contributed by atoms with Gasteiger partial charge in [0.1, 0.15) is 17.3 Å². The van der Waals surface area contributed by atoms with Crippen LogP contribution in [0.25, 0.3) is 0 Å². The van der Waals surface area contributed by atoms with E-state index in [4.69, 9.17) is 9.15 Å². The fourth-order valence-electron chi connectivity index (χ4n) is 2.08. The second-order valence-electron chi connectivity index (χ2n) is 4.36. The Hall–Kier alpha value is -1.81. The predicted molar refractivity (Wildman–Crippen MR) is 71.8 cm³/mol. The first kappa shape index (κ1) is 13.6. The van der Waals surface area contributed by atoms with Crippen molar-refractivity contribution in [2.75, 3.05) is 13.7 Å². The van der Waals surface area contributed by atoms with E-state index in [2.05, 4.69) is 5.32 Å². The molecule has 0 amide bonds. The lowest BCUT2D eigenvalue weighted by Gasteiger charge is -2.17. The molecule has 0 aliphatic rings. The van der Waals surface area contributed by atoms with Crippen LogP contribution in [0.1, 0.15) is 24.3 Å². The summed E-state index contributed by atoms with van der Waals surface area (Å²) in [4.78, 5) is 0. The molecule has 1 atom stereocenters. The molecule has 4 heteroatoms. The molecular weight excluding hydrogens is 245 g/mol. The third-order valence-corrected chi connectivity index (χ3v) is 3.07. The maximum absolute atomic E-state index is 13.8. The van der Waals surface area contributed by atoms with Crippen LogP contribution in [0.3, 0.4) is 0 Å². The molecule has 2 aromatic rings. The number of rotatable bonds is 6. The smallest absolute Gasteiger partial charge is 0.131 e. The molecule has 1 aromatic carbocycles. The molecule has 1 N–H and O–H groups in total. The van der Waals surface area contributed by atoms with E-state index in [1.807, 2.05) is 19.1 Å². The maximum atomic E-state index is 13.8. The van der Waals surface area contributed by atoms with Crippen molar-refractivity contribution < 1.29 is 13.5 Å². The van der Waals surface area contributed by atoms with E-state index in [0.717, 1.165) is 12.2 Å². The Bertz CT molecular complexity index is 511. The van der Waals surface area contributed by atoms with Crippen molar-refractivity contribution in [1.29, 1.82) is 0 Å². The number of methoxy groups -OCH3 is 1. The van der Waals surface area contributed by atoms with Crippen LogP contribution in [0.5, 0.6) is 5.75 Å². The van der Waals surface area contributed by atoms with Gasteiger partial charge in [-0.05, 0) is 31.2 Å². The van der Waals surface area contributed by atoms with E-state index in [9.17, 15) is 4.39 Å². The second kappa shape index (κ2) is 6.38. The minimum absolute atomic E-state index is 0.119. The molecule has 0 saturated heterocycles. The van der Waals surface area contributed by atoms with Gasteiger partial charge in [-0.3, -0.25) is 0 Å². The predicted octanol–water partition coefficient (Wildman–Crippen LogP) is 3.32. The van der Waals surface area contributed by atoms with Crippen molar-refractivity contribution in [3.63, 3.8) is 0 Å². The fraction of sp³-hybridized carbons (Fsp3) is 0.333. The summed E-state index contributed by atoms with van der Waals surface area (Å²) in [6.07, 6.45) is 2.42. The monoisotopic (exact) mass is 263 g/mol. The lowest BCUT2D eigenvalue weighted by molar-refractivity contribution is 0.393. The Kier molecular flexibility index (Phi) is 4.58. The second-order valence-corrected chi connectivity index (χ2v) is 4.36. The third-order valence-electron chi connectivity index (χ3n) is 3.07. The van der Waals surface area contributed by atoms with Gasteiger partial charge in [-0.1, -0.05) is 6.07 Å². The van der Waals surface area contributed by atoms with Gasteiger partial charge in [0.2, 0.25) is 0 Å². The molecule has 102 valence electrons. The Morgan fingerprint density at radius 2 is 2.16 bits per heavy atom. The highest BCUT2D eigenvalue weighted by molar-refractivity contribution is 5.36. The van der Waals surface area contributed by atoms with E-state index in [-0.39, 0.29) is 11.9 Å². The normalized spacial score (nSPS) is 12.4. The Labute approximate surface area is 112 Å². The van der Waals surface area contributed by atoms with Gasteiger partial charge >= 0.3 is 0 Å². The third kappa shape index (κ3) is 3.35. The molecule has 19 heavy (non-hydrogen) atoms. The average Bonchev–Trinajstić information content (AvgIpc) is 2.91. The molecule has 1 unspecified atom stereocenters. The summed E-state index contributed by atoms with van der Waals surface area (Å²) in [5.41, 5.74) is 0.560. The quantitative estimate of drug-likeness (QED) is 0.868. The fourth-order valence-corrected chi connectivity index (χ4v) is 2.08. The topological polar surface area (TPSA) is 34.4 Å². The molecule has 0 fully saturated rings. The molecule has 0 spiro atoms. The highest BCUT2D eigenvalue weighted by Crippen LogP contribution is 2.27. The molecule has 1 heterocycles. The summed E-state index contributed by atoms with van der Waals surface area (Å²) in [6.45, 7) is 2.63. The number of halogens is 1. The van der Waals surface area contributed by atoms with Gasteiger partial charge in [0.25, 0.3) is 0 Å². The lowest BCUT2D eigenvalue weighted by atomic mass is 10.1. The van der Waals surface area contributed by atoms with E-state index < -0.39 is 0 Å². The summed E-state index contributed by atoms with van der Waals surface area (Å²) < 4.78 is 24.3. The van der Waals surface area contributed by atoms with Crippen molar-refractivity contribution in [2.24, 2.45) is 0 Å². The van der Waals surface area contributed by atoms with Gasteiger partial charge in [-0.25, -0.2) is 4.39 Å². The molecule has 0 radical (unpaired) electrons. The van der Waals surface area contributed by atoms with Crippen LogP contribution in [0, 0.1) is 5.82 Å². The molecule has 0 saturated carbocycles. The van der Waals surface area contributed by atoms with Crippen LogP contribution in [0.4, 0.5) is 4.39 Å². The van der Waals surface area contributed by atoms with Crippen molar-refractivity contribution in [1.82, 2.24) is 5.32 Å².